The van der Waals surface area contributed by atoms with Crippen molar-refractivity contribution in [3.05, 3.63) is 42.6 Å². The molecular weight excluding hydrogens is 268 g/mol. The predicted octanol–water partition coefficient (Wildman–Crippen LogP) is 3.47. The molecule has 0 aromatic carbocycles. The summed E-state index contributed by atoms with van der Waals surface area (Å²) in [6, 6.07) is 4.53. The fourth-order valence-corrected chi connectivity index (χ4v) is 2.60. The van der Waals surface area contributed by atoms with E-state index in [1.807, 2.05) is 6.20 Å². The fourth-order valence-electron chi connectivity index (χ4n) is 1.89. The van der Waals surface area contributed by atoms with Crippen LogP contribution in [0.25, 0.3) is 0 Å². The second-order valence-electron chi connectivity index (χ2n) is 4.48. The smallest absolute Gasteiger partial charge is 0.119 e. The average Bonchev–Trinajstić information content (AvgIpc) is 2.50. The SMILES string of the molecule is CCCNC(CC)c1ccc(Sc2cnccn2)cn1. The van der Waals surface area contributed by atoms with Crippen molar-refractivity contribution in [3.8, 4) is 0 Å². The second kappa shape index (κ2) is 7.97. The van der Waals surface area contributed by atoms with E-state index in [1.165, 1.54) is 0 Å². The standard InChI is InChI=1S/C15H20N4S/c1-3-7-17-13(4-2)14-6-5-12(10-19-14)20-15-11-16-8-9-18-15/h5-6,8-11,13,17H,3-4,7H2,1-2H3. The highest BCUT2D eigenvalue weighted by Gasteiger charge is 2.09. The minimum Gasteiger partial charge on any atom is -0.309 e. The lowest BCUT2D eigenvalue weighted by Gasteiger charge is -2.16. The van der Waals surface area contributed by atoms with Crippen LogP contribution in [0, 0.1) is 0 Å². The summed E-state index contributed by atoms with van der Waals surface area (Å²) in [6.07, 6.45) is 9.23. The molecule has 1 atom stereocenters. The fraction of sp³-hybridized carbons (Fsp3) is 0.400. The van der Waals surface area contributed by atoms with Gasteiger partial charge in [-0.25, -0.2) is 4.98 Å². The van der Waals surface area contributed by atoms with Crippen molar-refractivity contribution in [3.63, 3.8) is 0 Å². The van der Waals surface area contributed by atoms with Crippen LogP contribution >= 0.6 is 11.8 Å². The molecule has 0 bridgehead atoms. The quantitative estimate of drug-likeness (QED) is 0.845. The number of hydrogen-bond acceptors (Lipinski definition) is 5. The number of hydrogen-bond donors (Lipinski definition) is 1. The predicted molar refractivity (Wildman–Crippen MR) is 81.7 cm³/mol. The van der Waals surface area contributed by atoms with Gasteiger partial charge in [-0.2, -0.15) is 0 Å². The molecule has 5 heteroatoms. The van der Waals surface area contributed by atoms with Gasteiger partial charge in [-0.05, 0) is 31.5 Å². The average molecular weight is 288 g/mol. The van der Waals surface area contributed by atoms with Crippen molar-refractivity contribution in [2.75, 3.05) is 6.54 Å². The molecule has 0 saturated heterocycles. The van der Waals surface area contributed by atoms with Crippen molar-refractivity contribution in [2.45, 2.75) is 42.7 Å². The first-order valence-electron chi connectivity index (χ1n) is 6.96. The van der Waals surface area contributed by atoms with Crippen LogP contribution < -0.4 is 5.32 Å². The van der Waals surface area contributed by atoms with Crippen LogP contribution in [0.5, 0.6) is 0 Å². The molecule has 1 unspecified atom stereocenters. The zero-order valence-corrected chi connectivity index (χ0v) is 12.7. The molecule has 2 aromatic heterocycles. The lowest BCUT2D eigenvalue weighted by Crippen LogP contribution is -2.22. The Bertz CT molecular complexity index is 501. The van der Waals surface area contributed by atoms with E-state index in [0.29, 0.717) is 6.04 Å². The molecule has 0 saturated carbocycles. The largest absolute Gasteiger partial charge is 0.309 e. The molecule has 2 rings (SSSR count). The summed E-state index contributed by atoms with van der Waals surface area (Å²) in [7, 11) is 0. The molecule has 0 amide bonds. The van der Waals surface area contributed by atoms with Crippen molar-refractivity contribution in [2.24, 2.45) is 0 Å². The lowest BCUT2D eigenvalue weighted by atomic mass is 10.1. The number of nitrogens with zero attached hydrogens (tertiary/aromatic N) is 3. The van der Waals surface area contributed by atoms with E-state index >= 15 is 0 Å². The molecule has 106 valence electrons. The summed E-state index contributed by atoms with van der Waals surface area (Å²) >= 11 is 1.58. The maximum Gasteiger partial charge on any atom is 0.119 e. The van der Waals surface area contributed by atoms with Gasteiger partial charge < -0.3 is 5.32 Å². The highest BCUT2D eigenvalue weighted by atomic mass is 32.2. The van der Waals surface area contributed by atoms with Crippen LogP contribution in [0.2, 0.25) is 0 Å². The van der Waals surface area contributed by atoms with Crippen LogP contribution in [0.1, 0.15) is 38.4 Å². The van der Waals surface area contributed by atoms with Gasteiger partial charge in [0.15, 0.2) is 0 Å². The number of rotatable bonds is 7. The Hall–Kier alpha value is -1.46. The van der Waals surface area contributed by atoms with Gasteiger partial charge in [0.2, 0.25) is 0 Å². The molecule has 0 aliphatic rings. The van der Waals surface area contributed by atoms with E-state index in [9.17, 15) is 0 Å². The molecule has 2 aromatic rings. The van der Waals surface area contributed by atoms with Crippen LogP contribution in [0.3, 0.4) is 0 Å². The van der Waals surface area contributed by atoms with Crippen molar-refractivity contribution in [1.82, 2.24) is 20.3 Å². The van der Waals surface area contributed by atoms with Gasteiger partial charge in [0.25, 0.3) is 0 Å². The van der Waals surface area contributed by atoms with Crippen molar-refractivity contribution < 1.29 is 0 Å². The first-order valence-corrected chi connectivity index (χ1v) is 7.78. The van der Waals surface area contributed by atoms with E-state index in [4.69, 9.17) is 0 Å². The van der Waals surface area contributed by atoms with Gasteiger partial charge in [-0.3, -0.25) is 9.97 Å². The van der Waals surface area contributed by atoms with Gasteiger partial charge in [0.05, 0.1) is 11.9 Å². The van der Waals surface area contributed by atoms with Gasteiger partial charge in [0, 0.05) is 29.5 Å². The highest BCUT2D eigenvalue weighted by molar-refractivity contribution is 7.99. The minimum atomic E-state index is 0.338. The number of aromatic nitrogens is 3. The Morgan fingerprint density at radius 2 is 2.05 bits per heavy atom. The monoisotopic (exact) mass is 288 g/mol. The summed E-state index contributed by atoms with van der Waals surface area (Å²) in [5.74, 6) is 0. The van der Waals surface area contributed by atoms with E-state index in [0.717, 1.165) is 35.0 Å². The minimum absolute atomic E-state index is 0.338. The van der Waals surface area contributed by atoms with E-state index in [1.54, 1.807) is 30.4 Å². The molecule has 0 aliphatic carbocycles. The van der Waals surface area contributed by atoms with E-state index < -0.39 is 0 Å². The lowest BCUT2D eigenvalue weighted by molar-refractivity contribution is 0.507. The summed E-state index contributed by atoms with van der Waals surface area (Å²) in [4.78, 5) is 14.0. The molecule has 0 spiro atoms. The highest BCUT2D eigenvalue weighted by Crippen LogP contribution is 2.25. The van der Waals surface area contributed by atoms with Crippen molar-refractivity contribution in [1.29, 1.82) is 0 Å². The summed E-state index contributed by atoms with van der Waals surface area (Å²) < 4.78 is 0. The third-order valence-corrected chi connectivity index (χ3v) is 3.82. The Morgan fingerprint density at radius 3 is 2.65 bits per heavy atom. The second-order valence-corrected chi connectivity index (χ2v) is 5.57. The third kappa shape index (κ3) is 4.28. The van der Waals surface area contributed by atoms with Crippen LogP contribution in [-0.2, 0) is 0 Å². The molecule has 1 N–H and O–H groups in total. The van der Waals surface area contributed by atoms with E-state index in [2.05, 4.69) is 46.2 Å². The molecular formula is C15H20N4S. The maximum atomic E-state index is 4.57. The number of pyridine rings is 1. The zero-order valence-electron chi connectivity index (χ0n) is 11.9. The molecule has 0 fully saturated rings. The van der Waals surface area contributed by atoms with Crippen LogP contribution in [0.15, 0.2) is 46.8 Å². The Labute approximate surface area is 124 Å². The summed E-state index contributed by atoms with van der Waals surface area (Å²) in [6.45, 7) is 5.38. The van der Waals surface area contributed by atoms with Gasteiger partial charge in [-0.1, -0.05) is 25.6 Å². The maximum absolute atomic E-state index is 4.57. The van der Waals surface area contributed by atoms with Crippen LogP contribution in [-0.4, -0.2) is 21.5 Å². The summed E-state index contributed by atoms with van der Waals surface area (Å²) in [5.41, 5.74) is 1.10. The third-order valence-electron chi connectivity index (χ3n) is 2.93. The van der Waals surface area contributed by atoms with Gasteiger partial charge in [-0.15, -0.1) is 0 Å². The Balaban J connectivity index is 2.02. The molecule has 2 heterocycles. The van der Waals surface area contributed by atoms with Crippen LogP contribution in [0.4, 0.5) is 0 Å². The molecule has 4 nitrogen and oxygen atoms in total. The Kier molecular flexibility index (Phi) is 5.95. The normalized spacial score (nSPS) is 12.3. The number of nitrogens with one attached hydrogen (secondary N) is 1. The van der Waals surface area contributed by atoms with Gasteiger partial charge in [0.1, 0.15) is 5.03 Å². The Morgan fingerprint density at radius 1 is 1.15 bits per heavy atom. The first-order chi connectivity index (χ1) is 9.83. The summed E-state index contributed by atoms with van der Waals surface area (Å²) in [5, 5.41) is 4.40. The van der Waals surface area contributed by atoms with Gasteiger partial charge >= 0.3 is 0 Å². The molecule has 0 radical (unpaired) electrons. The molecule has 20 heavy (non-hydrogen) atoms. The first kappa shape index (κ1) is 14.9. The topological polar surface area (TPSA) is 50.7 Å². The van der Waals surface area contributed by atoms with Crippen molar-refractivity contribution >= 4 is 11.8 Å². The van der Waals surface area contributed by atoms with E-state index in [-0.39, 0.29) is 0 Å². The molecule has 0 aliphatic heterocycles. The zero-order chi connectivity index (χ0) is 14.2.